The summed E-state index contributed by atoms with van der Waals surface area (Å²) in [5, 5.41) is 0. The van der Waals surface area contributed by atoms with Crippen molar-refractivity contribution in [1.29, 1.82) is 0 Å². The lowest BCUT2D eigenvalue weighted by atomic mass is 9.42. The first-order valence-electron chi connectivity index (χ1n) is 7.34. The molecule has 1 unspecified atom stereocenters. The van der Waals surface area contributed by atoms with Crippen molar-refractivity contribution < 1.29 is 0 Å². The summed E-state index contributed by atoms with van der Waals surface area (Å²) < 4.78 is 0. The fourth-order valence-electron chi connectivity index (χ4n) is 3.75. The van der Waals surface area contributed by atoms with Crippen molar-refractivity contribution >= 4 is 13.4 Å². The van der Waals surface area contributed by atoms with E-state index < -0.39 is 0 Å². The van der Waals surface area contributed by atoms with Crippen LogP contribution in [0.1, 0.15) is 39.0 Å². The Morgan fingerprint density at radius 1 is 0.867 bits per heavy atom. The van der Waals surface area contributed by atoms with Crippen LogP contribution in [-0.4, -0.2) is 13.4 Å². The van der Waals surface area contributed by atoms with Crippen LogP contribution in [0.2, 0.25) is 37.9 Å². The van der Waals surface area contributed by atoms with Gasteiger partial charge >= 0.3 is 0 Å². The molecule has 2 saturated heterocycles. The van der Waals surface area contributed by atoms with Crippen molar-refractivity contribution in [1.82, 2.24) is 0 Å². The summed E-state index contributed by atoms with van der Waals surface area (Å²) in [5.41, 5.74) is 0. The van der Waals surface area contributed by atoms with E-state index in [0.717, 1.165) is 19.3 Å². The van der Waals surface area contributed by atoms with Crippen molar-refractivity contribution in [2.75, 3.05) is 0 Å². The van der Waals surface area contributed by atoms with Crippen LogP contribution < -0.4 is 0 Å². The molecule has 0 aromatic rings. The van der Waals surface area contributed by atoms with Crippen LogP contribution in [-0.2, 0) is 0 Å². The van der Waals surface area contributed by atoms with E-state index in [0.29, 0.717) is 0 Å². The second-order valence-corrected chi connectivity index (χ2v) is 6.22. The van der Waals surface area contributed by atoms with Gasteiger partial charge in [-0.25, -0.2) is 0 Å². The van der Waals surface area contributed by atoms with Gasteiger partial charge in [-0.2, -0.15) is 0 Å². The van der Waals surface area contributed by atoms with Gasteiger partial charge in [0.1, 0.15) is 13.4 Å². The third-order valence-electron chi connectivity index (χ3n) is 4.75. The zero-order chi connectivity index (χ0) is 10.5. The van der Waals surface area contributed by atoms with Gasteiger partial charge in [-0.15, -0.1) is 0 Å². The zero-order valence-corrected chi connectivity index (χ0v) is 10.5. The van der Waals surface area contributed by atoms with E-state index in [1.165, 1.54) is 70.0 Å². The molecule has 0 aromatic carbocycles. The molecule has 0 aromatic heterocycles. The monoisotopic (exact) mass is 204 g/mol. The molecule has 2 rings (SSSR count). The van der Waals surface area contributed by atoms with Crippen LogP contribution in [0.25, 0.3) is 0 Å². The maximum Gasteiger partial charge on any atom is 0.140 e. The molecule has 0 N–H and O–H groups in total. The normalized spacial score (nSPS) is 23.8. The number of hydrogen-bond donors (Lipinski definition) is 0. The summed E-state index contributed by atoms with van der Waals surface area (Å²) >= 11 is 0. The third kappa shape index (κ3) is 3.89. The Kier molecular flexibility index (Phi) is 4.65. The van der Waals surface area contributed by atoms with Crippen LogP contribution in [0.4, 0.5) is 0 Å². The van der Waals surface area contributed by atoms with Gasteiger partial charge in [-0.1, -0.05) is 82.9 Å². The molecule has 2 aliphatic rings. The maximum atomic E-state index is 2.49. The van der Waals surface area contributed by atoms with E-state index in [1.807, 2.05) is 0 Å². The SMILES string of the molecule is CC(CCB1CCCC1)CB1CCCC1. The van der Waals surface area contributed by atoms with Gasteiger partial charge in [0, 0.05) is 0 Å². The van der Waals surface area contributed by atoms with Crippen LogP contribution >= 0.6 is 0 Å². The smallest absolute Gasteiger partial charge is 0.0742 e. The van der Waals surface area contributed by atoms with Gasteiger partial charge in [0.2, 0.25) is 0 Å². The first-order chi connectivity index (χ1) is 7.34. The van der Waals surface area contributed by atoms with E-state index in [-0.39, 0.29) is 0 Å². The molecule has 0 spiro atoms. The molecule has 84 valence electrons. The Morgan fingerprint density at radius 2 is 1.40 bits per heavy atom. The Bertz CT molecular complexity index is 169. The second kappa shape index (κ2) is 6.01. The van der Waals surface area contributed by atoms with Crippen LogP contribution in [0.5, 0.6) is 0 Å². The molecule has 0 radical (unpaired) electrons. The molecule has 15 heavy (non-hydrogen) atoms. The fourth-order valence-corrected chi connectivity index (χ4v) is 3.75. The zero-order valence-electron chi connectivity index (χ0n) is 10.5. The van der Waals surface area contributed by atoms with Crippen LogP contribution in [0.15, 0.2) is 0 Å². The van der Waals surface area contributed by atoms with Crippen LogP contribution in [0, 0.1) is 5.92 Å². The molecule has 2 aliphatic heterocycles. The Balaban J connectivity index is 1.57. The van der Waals surface area contributed by atoms with Gasteiger partial charge in [-0.3, -0.25) is 0 Å². The first-order valence-corrected chi connectivity index (χ1v) is 7.34. The van der Waals surface area contributed by atoms with Crippen LogP contribution in [0.3, 0.4) is 0 Å². The summed E-state index contributed by atoms with van der Waals surface area (Å²) in [7, 11) is 0. The lowest BCUT2D eigenvalue weighted by Crippen LogP contribution is -2.13. The molecule has 0 amide bonds. The predicted molar refractivity (Wildman–Crippen MR) is 72.6 cm³/mol. The minimum atomic E-state index is 1.01. The van der Waals surface area contributed by atoms with E-state index in [4.69, 9.17) is 0 Å². The molecule has 0 nitrogen and oxygen atoms in total. The minimum Gasteiger partial charge on any atom is -0.0742 e. The average Bonchev–Trinajstić information content (AvgIpc) is 2.86. The molecule has 0 saturated carbocycles. The van der Waals surface area contributed by atoms with Crippen molar-refractivity contribution in [2.45, 2.75) is 76.9 Å². The second-order valence-electron chi connectivity index (χ2n) is 6.22. The van der Waals surface area contributed by atoms with Gasteiger partial charge < -0.3 is 0 Å². The lowest BCUT2D eigenvalue weighted by Gasteiger charge is -2.15. The third-order valence-corrected chi connectivity index (χ3v) is 4.75. The van der Waals surface area contributed by atoms with Crippen molar-refractivity contribution in [3.63, 3.8) is 0 Å². The highest BCUT2D eigenvalue weighted by molar-refractivity contribution is 6.60. The minimum absolute atomic E-state index is 1.01. The molecule has 2 fully saturated rings. The van der Waals surface area contributed by atoms with Crippen molar-refractivity contribution in [2.24, 2.45) is 5.92 Å². The Morgan fingerprint density at radius 3 is 2.00 bits per heavy atom. The fraction of sp³-hybridized carbons (Fsp3) is 1.00. The highest BCUT2D eigenvalue weighted by Gasteiger charge is 2.23. The maximum absolute atomic E-state index is 2.49. The van der Waals surface area contributed by atoms with E-state index in [2.05, 4.69) is 6.92 Å². The van der Waals surface area contributed by atoms with Gasteiger partial charge in [0.05, 0.1) is 0 Å². The van der Waals surface area contributed by atoms with E-state index >= 15 is 0 Å². The van der Waals surface area contributed by atoms with E-state index in [9.17, 15) is 0 Å². The highest BCUT2D eigenvalue weighted by Crippen LogP contribution is 2.29. The summed E-state index contributed by atoms with van der Waals surface area (Å²) in [4.78, 5) is 0. The summed E-state index contributed by atoms with van der Waals surface area (Å²) in [6, 6.07) is 0. The molecule has 0 aliphatic carbocycles. The molecular weight excluding hydrogens is 178 g/mol. The van der Waals surface area contributed by atoms with Gasteiger partial charge in [0.25, 0.3) is 0 Å². The Hall–Kier alpha value is 0.130. The Labute approximate surface area is 96.8 Å². The van der Waals surface area contributed by atoms with Crippen molar-refractivity contribution in [3.05, 3.63) is 0 Å². The summed E-state index contributed by atoms with van der Waals surface area (Å²) in [6.07, 6.45) is 16.8. The topological polar surface area (TPSA) is 0 Å². The predicted octanol–water partition coefficient (Wildman–Crippen LogP) is 4.59. The lowest BCUT2D eigenvalue weighted by molar-refractivity contribution is 0.614. The first kappa shape index (κ1) is 11.6. The molecular formula is C13H26B2. The largest absolute Gasteiger partial charge is 0.140 e. The molecule has 2 heteroatoms. The summed E-state index contributed by atoms with van der Waals surface area (Å²) in [5.74, 6) is 1.01. The van der Waals surface area contributed by atoms with Crippen molar-refractivity contribution in [3.8, 4) is 0 Å². The molecule has 2 heterocycles. The average molecular weight is 204 g/mol. The standard InChI is InChI=1S/C13H26B2/c1-13(12-15-9-4-5-10-15)6-11-14-7-2-3-8-14/h13H,2-12H2,1H3. The van der Waals surface area contributed by atoms with Gasteiger partial charge in [-0.05, 0) is 0 Å². The molecule has 1 atom stereocenters. The molecule has 0 bridgehead atoms. The summed E-state index contributed by atoms with van der Waals surface area (Å²) in [6.45, 7) is 4.70. The number of hydrogen-bond acceptors (Lipinski definition) is 0. The van der Waals surface area contributed by atoms with Gasteiger partial charge in [0.15, 0.2) is 0 Å². The quantitative estimate of drug-likeness (QED) is 0.574. The highest BCUT2D eigenvalue weighted by atomic mass is 14.1. The number of rotatable bonds is 5. The van der Waals surface area contributed by atoms with E-state index in [1.54, 1.807) is 0 Å².